The quantitative estimate of drug-likeness (QED) is 0.894. The molecule has 132 valence electrons. The predicted octanol–water partition coefficient (Wildman–Crippen LogP) is 1.47. The summed E-state index contributed by atoms with van der Waals surface area (Å²) in [6.07, 6.45) is 1.00. The molecule has 1 aliphatic heterocycles. The lowest BCUT2D eigenvalue weighted by atomic mass is 9.99. The van der Waals surface area contributed by atoms with Gasteiger partial charge < -0.3 is 9.64 Å². The molecule has 0 aromatic heterocycles. The fraction of sp³-hybridized carbons (Fsp3) is 0.278. The van der Waals surface area contributed by atoms with Gasteiger partial charge in [-0.15, -0.1) is 0 Å². The van der Waals surface area contributed by atoms with Gasteiger partial charge in [-0.2, -0.15) is 0 Å². The molecule has 3 rings (SSSR count). The summed E-state index contributed by atoms with van der Waals surface area (Å²) < 4.78 is 28.1. The number of fused-ring (bicyclic) bond motifs is 1. The van der Waals surface area contributed by atoms with Crippen molar-refractivity contribution in [3.63, 3.8) is 0 Å². The number of nitrogens with zero attached hydrogens (tertiary/aromatic N) is 1. The number of benzene rings is 2. The first-order valence-electron chi connectivity index (χ1n) is 7.92. The first-order chi connectivity index (χ1) is 11.9. The Morgan fingerprint density at radius 3 is 2.52 bits per heavy atom. The van der Waals surface area contributed by atoms with Crippen molar-refractivity contribution in [2.75, 3.05) is 13.7 Å². The number of rotatable bonds is 4. The lowest BCUT2D eigenvalue weighted by Gasteiger charge is -2.29. The highest BCUT2D eigenvalue weighted by atomic mass is 32.2. The molecular formula is C18H20N2O4S. The fourth-order valence-electron chi connectivity index (χ4n) is 2.95. The third-order valence-corrected chi connectivity index (χ3v) is 5.30. The summed E-state index contributed by atoms with van der Waals surface area (Å²) in [5.41, 5.74) is 2.80. The van der Waals surface area contributed by atoms with Crippen molar-refractivity contribution in [2.45, 2.75) is 24.3 Å². The Morgan fingerprint density at radius 1 is 1.16 bits per heavy atom. The van der Waals surface area contributed by atoms with Crippen LogP contribution in [0.5, 0.6) is 5.75 Å². The number of ether oxygens (including phenoxy) is 1. The molecule has 0 fully saturated rings. The zero-order valence-electron chi connectivity index (χ0n) is 13.9. The van der Waals surface area contributed by atoms with Gasteiger partial charge in [-0.05, 0) is 47.4 Å². The standard InChI is InChI=1S/C18H20N2O4S/c1-24-16-5-2-13(3-6-16)10-18(21)20-9-8-14-4-7-17(25(19,22)23)11-15(14)12-20/h2-7,11H,8-10,12H2,1H3,(H2,19,22,23). The van der Waals surface area contributed by atoms with Crippen molar-refractivity contribution >= 4 is 15.9 Å². The van der Waals surface area contributed by atoms with E-state index in [1.807, 2.05) is 24.3 Å². The van der Waals surface area contributed by atoms with Crippen LogP contribution < -0.4 is 9.88 Å². The van der Waals surface area contributed by atoms with Crippen molar-refractivity contribution in [3.05, 3.63) is 59.2 Å². The Balaban J connectivity index is 1.73. The molecular weight excluding hydrogens is 340 g/mol. The van der Waals surface area contributed by atoms with Crippen molar-refractivity contribution in [3.8, 4) is 5.75 Å². The Morgan fingerprint density at radius 2 is 1.88 bits per heavy atom. The number of nitrogens with two attached hydrogens (primary N) is 1. The minimum atomic E-state index is -3.74. The van der Waals surface area contributed by atoms with Crippen LogP contribution in [0.4, 0.5) is 0 Å². The van der Waals surface area contributed by atoms with E-state index in [0.717, 1.165) is 22.4 Å². The summed E-state index contributed by atoms with van der Waals surface area (Å²) in [5.74, 6) is 0.760. The van der Waals surface area contributed by atoms with Crippen LogP contribution in [0.3, 0.4) is 0 Å². The second kappa shape index (κ2) is 6.85. The van der Waals surface area contributed by atoms with Gasteiger partial charge in [0.2, 0.25) is 15.9 Å². The van der Waals surface area contributed by atoms with Crippen LogP contribution in [0.2, 0.25) is 0 Å². The van der Waals surface area contributed by atoms with Gasteiger partial charge in [0.05, 0.1) is 18.4 Å². The maximum absolute atomic E-state index is 12.6. The summed E-state index contributed by atoms with van der Waals surface area (Å²) in [6, 6.07) is 12.3. The molecule has 0 bridgehead atoms. The molecule has 0 unspecified atom stereocenters. The number of primary sulfonamides is 1. The minimum Gasteiger partial charge on any atom is -0.497 e. The van der Waals surface area contributed by atoms with Crippen molar-refractivity contribution in [1.82, 2.24) is 4.90 Å². The molecule has 0 radical (unpaired) electrons. The number of hydrogen-bond donors (Lipinski definition) is 1. The monoisotopic (exact) mass is 360 g/mol. The van der Waals surface area contributed by atoms with Gasteiger partial charge in [0.15, 0.2) is 0 Å². The molecule has 6 nitrogen and oxygen atoms in total. The molecule has 0 atom stereocenters. The number of carbonyl (C=O) groups is 1. The Hall–Kier alpha value is -2.38. The smallest absolute Gasteiger partial charge is 0.238 e. The highest BCUT2D eigenvalue weighted by molar-refractivity contribution is 7.89. The van der Waals surface area contributed by atoms with E-state index in [1.165, 1.54) is 6.07 Å². The summed E-state index contributed by atoms with van der Waals surface area (Å²) in [5, 5.41) is 5.19. The van der Waals surface area contributed by atoms with E-state index < -0.39 is 10.0 Å². The fourth-order valence-corrected chi connectivity index (χ4v) is 3.52. The van der Waals surface area contributed by atoms with Gasteiger partial charge >= 0.3 is 0 Å². The Bertz CT molecular complexity index is 892. The number of methoxy groups -OCH3 is 1. The van der Waals surface area contributed by atoms with E-state index in [-0.39, 0.29) is 10.8 Å². The molecule has 2 aromatic rings. The third-order valence-electron chi connectivity index (χ3n) is 4.39. The predicted molar refractivity (Wildman–Crippen MR) is 93.6 cm³/mol. The third kappa shape index (κ3) is 4.00. The summed E-state index contributed by atoms with van der Waals surface area (Å²) in [4.78, 5) is 14.4. The second-order valence-electron chi connectivity index (χ2n) is 6.07. The molecule has 2 N–H and O–H groups in total. The highest BCUT2D eigenvalue weighted by Crippen LogP contribution is 2.23. The molecule has 25 heavy (non-hydrogen) atoms. The van der Waals surface area contributed by atoms with Gasteiger partial charge in [-0.25, -0.2) is 13.6 Å². The van der Waals surface area contributed by atoms with Crippen LogP contribution in [-0.2, 0) is 34.2 Å². The van der Waals surface area contributed by atoms with Crippen LogP contribution in [0.1, 0.15) is 16.7 Å². The normalized spacial score (nSPS) is 14.1. The maximum atomic E-state index is 12.6. The summed E-state index contributed by atoms with van der Waals surface area (Å²) in [6.45, 7) is 1.02. The second-order valence-corrected chi connectivity index (χ2v) is 7.63. The molecule has 0 saturated heterocycles. The van der Waals surface area contributed by atoms with Gasteiger partial charge in [0.25, 0.3) is 0 Å². The average Bonchev–Trinajstić information content (AvgIpc) is 2.60. The SMILES string of the molecule is COc1ccc(CC(=O)N2CCc3ccc(S(N)(=O)=O)cc3C2)cc1. The first kappa shape index (κ1) is 17.4. The minimum absolute atomic E-state index is 0.0109. The van der Waals surface area contributed by atoms with E-state index in [2.05, 4.69) is 0 Å². The van der Waals surface area contributed by atoms with Crippen LogP contribution >= 0.6 is 0 Å². The largest absolute Gasteiger partial charge is 0.497 e. The van der Waals surface area contributed by atoms with E-state index in [4.69, 9.17) is 9.88 Å². The zero-order chi connectivity index (χ0) is 18.0. The summed E-state index contributed by atoms with van der Waals surface area (Å²) in [7, 11) is -2.15. The maximum Gasteiger partial charge on any atom is 0.238 e. The van der Waals surface area contributed by atoms with Crippen LogP contribution in [0.15, 0.2) is 47.4 Å². The highest BCUT2D eigenvalue weighted by Gasteiger charge is 2.22. The van der Waals surface area contributed by atoms with E-state index >= 15 is 0 Å². The molecule has 0 spiro atoms. The lowest BCUT2D eigenvalue weighted by Crippen LogP contribution is -2.37. The number of amides is 1. The topological polar surface area (TPSA) is 89.7 Å². The molecule has 7 heteroatoms. The molecule has 1 amide bonds. The van der Waals surface area contributed by atoms with Gasteiger partial charge in [0.1, 0.15) is 5.75 Å². The zero-order valence-corrected chi connectivity index (χ0v) is 14.8. The lowest BCUT2D eigenvalue weighted by molar-refractivity contribution is -0.131. The van der Waals surface area contributed by atoms with Gasteiger partial charge in [0, 0.05) is 13.1 Å². The molecule has 1 aliphatic rings. The molecule has 0 aliphatic carbocycles. The Labute approximate surface area is 147 Å². The van der Waals surface area contributed by atoms with Crippen molar-refractivity contribution in [2.24, 2.45) is 5.14 Å². The van der Waals surface area contributed by atoms with E-state index in [9.17, 15) is 13.2 Å². The van der Waals surface area contributed by atoms with Crippen molar-refractivity contribution < 1.29 is 17.9 Å². The van der Waals surface area contributed by atoms with Crippen molar-refractivity contribution in [1.29, 1.82) is 0 Å². The number of sulfonamides is 1. The van der Waals surface area contributed by atoms with E-state index in [0.29, 0.717) is 25.9 Å². The number of carbonyl (C=O) groups excluding carboxylic acids is 1. The molecule has 0 saturated carbocycles. The van der Waals surface area contributed by atoms with E-state index in [1.54, 1.807) is 24.1 Å². The Kier molecular flexibility index (Phi) is 4.78. The average molecular weight is 360 g/mol. The van der Waals surface area contributed by atoms with Crippen LogP contribution in [-0.4, -0.2) is 32.9 Å². The number of hydrogen-bond acceptors (Lipinski definition) is 4. The summed E-state index contributed by atoms with van der Waals surface area (Å²) >= 11 is 0. The molecule has 2 aromatic carbocycles. The van der Waals surface area contributed by atoms with Gasteiger partial charge in [-0.1, -0.05) is 18.2 Å². The first-order valence-corrected chi connectivity index (χ1v) is 9.47. The molecule has 1 heterocycles. The van der Waals surface area contributed by atoms with Crippen LogP contribution in [0.25, 0.3) is 0 Å². The van der Waals surface area contributed by atoms with Gasteiger partial charge in [-0.3, -0.25) is 4.79 Å². The van der Waals surface area contributed by atoms with Crippen LogP contribution in [0, 0.1) is 0 Å².